The Balaban J connectivity index is 1.44. The standard InChI is InChI=1S/C41H30N2/c1-40(2)31-20-8-10-22-33(31)41(34-23-11-9-21-32(34)40)30-19-7-6-17-28(30)38-29(18-14-24-35(38)41)39-42-36-25-12-13-26-37(36)43(39)27-15-4-3-5-16-27/h3-26H,1-2H3. The lowest BCUT2D eigenvalue weighted by atomic mass is 9.55. The number of aromatic nitrogens is 2. The molecule has 0 saturated carbocycles. The van der Waals surface area contributed by atoms with E-state index in [2.05, 4.69) is 164 Å². The predicted molar refractivity (Wildman–Crippen MR) is 176 cm³/mol. The van der Waals surface area contributed by atoms with E-state index in [0.717, 1.165) is 28.1 Å². The Morgan fingerprint density at radius 1 is 0.465 bits per heavy atom. The molecule has 2 aliphatic carbocycles. The van der Waals surface area contributed by atoms with Gasteiger partial charge in [-0.3, -0.25) is 4.57 Å². The first-order valence-corrected chi connectivity index (χ1v) is 15.1. The minimum Gasteiger partial charge on any atom is -0.292 e. The van der Waals surface area contributed by atoms with Gasteiger partial charge in [-0.05, 0) is 68.8 Å². The summed E-state index contributed by atoms with van der Waals surface area (Å²) in [5.74, 6) is 0.966. The summed E-state index contributed by atoms with van der Waals surface area (Å²) in [5, 5.41) is 0. The Hall–Kier alpha value is -5.21. The number of hydrogen-bond acceptors (Lipinski definition) is 1. The molecule has 1 heterocycles. The SMILES string of the molecule is CC1(C)c2ccccc2C2(c3ccccc3-c3c(-c4nc5ccccc5n4-c4ccccc4)cccc32)c2ccccc21. The Morgan fingerprint density at radius 3 is 1.72 bits per heavy atom. The summed E-state index contributed by atoms with van der Waals surface area (Å²) in [7, 11) is 0. The van der Waals surface area contributed by atoms with Crippen LogP contribution in [0.4, 0.5) is 0 Å². The molecule has 9 rings (SSSR count). The monoisotopic (exact) mass is 550 g/mol. The van der Waals surface area contributed by atoms with E-state index in [1.165, 1.54) is 44.5 Å². The van der Waals surface area contributed by atoms with Crippen LogP contribution in [0.2, 0.25) is 0 Å². The number of rotatable bonds is 2. The molecule has 0 aliphatic heterocycles. The molecule has 7 aromatic rings. The largest absolute Gasteiger partial charge is 0.292 e. The highest BCUT2D eigenvalue weighted by Gasteiger charge is 2.53. The van der Waals surface area contributed by atoms with E-state index in [0.29, 0.717) is 0 Å². The first-order chi connectivity index (χ1) is 21.1. The predicted octanol–water partition coefficient (Wildman–Crippen LogP) is 9.69. The van der Waals surface area contributed by atoms with Crippen molar-refractivity contribution < 1.29 is 0 Å². The van der Waals surface area contributed by atoms with Crippen molar-refractivity contribution in [2.24, 2.45) is 0 Å². The third-order valence-corrected chi connectivity index (χ3v) is 9.89. The van der Waals surface area contributed by atoms with Gasteiger partial charge in [0.2, 0.25) is 0 Å². The molecule has 1 spiro atoms. The van der Waals surface area contributed by atoms with E-state index in [9.17, 15) is 0 Å². The lowest BCUT2D eigenvalue weighted by molar-refractivity contribution is 0.563. The fraction of sp³-hybridized carbons (Fsp3) is 0.0976. The van der Waals surface area contributed by atoms with Crippen molar-refractivity contribution in [3.8, 4) is 28.2 Å². The second kappa shape index (κ2) is 8.65. The van der Waals surface area contributed by atoms with Gasteiger partial charge >= 0.3 is 0 Å². The second-order valence-corrected chi connectivity index (χ2v) is 12.3. The number of para-hydroxylation sites is 3. The smallest absolute Gasteiger partial charge is 0.146 e. The maximum Gasteiger partial charge on any atom is 0.146 e. The third-order valence-electron chi connectivity index (χ3n) is 9.89. The van der Waals surface area contributed by atoms with Crippen LogP contribution in [0.3, 0.4) is 0 Å². The molecule has 204 valence electrons. The zero-order chi connectivity index (χ0) is 28.8. The molecule has 0 amide bonds. The quantitative estimate of drug-likeness (QED) is 0.209. The summed E-state index contributed by atoms with van der Waals surface area (Å²) in [6.07, 6.45) is 0. The first-order valence-electron chi connectivity index (χ1n) is 15.1. The van der Waals surface area contributed by atoms with Gasteiger partial charge in [0.05, 0.1) is 16.4 Å². The molecule has 0 N–H and O–H groups in total. The lowest BCUT2D eigenvalue weighted by Gasteiger charge is -2.46. The van der Waals surface area contributed by atoms with Crippen LogP contribution in [0.1, 0.15) is 47.2 Å². The molecule has 6 aromatic carbocycles. The fourth-order valence-electron chi connectivity index (χ4n) is 8.14. The molecule has 1 aromatic heterocycles. The van der Waals surface area contributed by atoms with Crippen molar-refractivity contribution in [3.63, 3.8) is 0 Å². The van der Waals surface area contributed by atoms with Crippen LogP contribution in [0, 0.1) is 0 Å². The normalized spacial score (nSPS) is 15.1. The van der Waals surface area contributed by atoms with Gasteiger partial charge in [-0.1, -0.05) is 135 Å². The van der Waals surface area contributed by atoms with Crippen molar-refractivity contribution >= 4 is 11.0 Å². The zero-order valence-electron chi connectivity index (χ0n) is 24.3. The Kier molecular flexibility index (Phi) is 4.91. The van der Waals surface area contributed by atoms with Crippen LogP contribution in [0.25, 0.3) is 39.2 Å². The van der Waals surface area contributed by atoms with Crippen LogP contribution >= 0.6 is 0 Å². The highest BCUT2D eigenvalue weighted by atomic mass is 15.1. The minimum atomic E-state index is -0.422. The molecule has 0 saturated heterocycles. The van der Waals surface area contributed by atoms with Crippen molar-refractivity contribution in [1.82, 2.24) is 9.55 Å². The van der Waals surface area contributed by atoms with Gasteiger partial charge in [0.1, 0.15) is 5.82 Å². The molecule has 2 heteroatoms. The summed E-state index contributed by atoms with van der Waals surface area (Å²) in [5.41, 5.74) is 14.6. The van der Waals surface area contributed by atoms with Crippen LogP contribution < -0.4 is 0 Å². The van der Waals surface area contributed by atoms with Gasteiger partial charge in [0, 0.05) is 16.7 Å². The van der Waals surface area contributed by atoms with E-state index in [4.69, 9.17) is 4.98 Å². The topological polar surface area (TPSA) is 17.8 Å². The molecule has 0 atom stereocenters. The third kappa shape index (κ3) is 3.05. The van der Waals surface area contributed by atoms with Gasteiger partial charge in [-0.25, -0.2) is 4.98 Å². The van der Waals surface area contributed by atoms with Gasteiger partial charge in [0.25, 0.3) is 0 Å². The van der Waals surface area contributed by atoms with E-state index in [1.54, 1.807) is 0 Å². The number of nitrogens with zero attached hydrogens (tertiary/aromatic N) is 2. The Bertz CT molecular complexity index is 2170. The molecular formula is C41H30N2. The van der Waals surface area contributed by atoms with Gasteiger partial charge in [-0.2, -0.15) is 0 Å². The van der Waals surface area contributed by atoms with Gasteiger partial charge < -0.3 is 0 Å². The minimum absolute atomic E-state index is 0.116. The number of hydrogen-bond donors (Lipinski definition) is 0. The molecule has 0 unspecified atom stereocenters. The average Bonchev–Trinajstić information content (AvgIpc) is 3.59. The van der Waals surface area contributed by atoms with Gasteiger partial charge in [-0.15, -0.1) is 0 Å². The average molecular weight is 551 g/mol. The van der Waals surface area contributed by atoms with E-state index < -0.39 is 5.41 Å². The van der Waals surface area contributed by atoms with Crippen molar-refractivity contribution in [1.29, 1.82) is 0 Å². The summed E-state index contributed by atoms with van der Waals surface area (Å²) in [6, 6.07) is 53.2. The van der Waals surface area contributed by atoms with Crippen LogP contribution in [-0.2, 0) is 10.8 Å². The van der Waals surface area contributed by atoms with Crippen LogP contribution in [0.15, 0.2) is 146 Å². The molecule has 0 bridgehead atoms. The highest BCUT2D eigenvalue weighted by Crippen LogP contribution is 2.63. The van der Waals surface area contributed by atoms with Gasteiger partial charge in [0.15, 0.2) is 0 Å². The van der Waals surface area contributed by atoms with Crippen molar-refractivity contribution in [3.05, 3.63) is 179 Å². The molecule has 43 heavy (non-hydrogen) atoms. The fourth-order valence-corrected chi connectivity index (χ4v) is 8.14. The number of imidazole rings is 1. The lowest BCUT2D eigenvalue weighted by Crippen LogP contribution is -2.40. The van der Waals surface area contributed by atoms with E-state index in [1.807, 2.05) is 0 Å². The molecular weight excluding hydrogens is 520 g/mol. The maximum atomic E-state index is 5.32. The molecule has 2 nitrogen and oxygen atoms in total. The van der Waals surface area contributed by atoms with E-state index >= 15 is 0 Å². The summed E-state index contributed by atoms with van der Waals surface area (Å²) >= 11 is 0. The van der Waals surface area contributed by atoms with Crippen LogP contribution in [0.5, 0.6) is 0 Å². The second-order valence-electron chi connectivity index (χ2n) is 12.3. The molecule has 0 fully saturated rings. The maximum absolute atomic E-state index is 5.32. The molecule has 2 aliphatic rings. The zero-order valence-corrected chi connectivity index (χ0v) is 24.3. The summed E-state index contributed by atoms with van der Waals surface area (Å²) in [6.45, 7) is 4.75. The van der Waals surface area contributed by atoms with E-state index in [-0.39, 0.29) is 5.41 Å². The summed E-state index contributed by atoms with van der Waals surface area (Å²) in [4.78, 5) is 5.32. The van der Waals surface area contributed by atoms with Crippen molar-refractivity contribution in [2.45, 2.75) is 24.7 Å². The summed E-state index contributed by atoms with van der Waals surface area (Å²) < 4.78 is 2.32. The number of fused-ring (bicyclic) bond motifs is 10. The number of benzene rings is 6. The van der Waals surface area contributed by atoms with Crippen LogP contribution in [-0.4, -0.2) is 9.55 Å². The highest BCUT2D eigenvalue weighted by molar-refractivity contribution is 5.97. The Morgan fingerprint density at radius 2 is 1.00 bits per heavy atom. The van der Waals surface area contributed by atoms with Crippen molar-refractivity contribution in [2.75, 3.05) is 0 Å². The first kappa shape index (κ1) is 24.4. The molecule has 0 radical (unpaired) electrons. The Labute approximate surface area is 251 Å².